The zero-order chi connectivity index (χ0) is 20.1. The maximum Gasteiger partial charge on any atom is 0.358 e. The third-order valence-electron chi connectivity index (χ3n) is 5.20. The van der Waals surface area contributed by atoms with Crippen LogP contribution in [0, 0.1) is 11.8 Å². The van der Waals surface area contributed by atoms with Crippen molar-refractivity contribution in [3.63, 3.8) is 0 Å². The summed E-state index contributed by atoms with van der Waals surface area (Å²) in [6.45, 7) is 2.16. The highest BCUT2D eigenvalue weighted by molar-refractivity contribution is 5.86. The van der Waals surface area contributed by atoms with Crippen molar-refractivity contribution >= 4 is 11.8 Å². The predicted octanol–water partition coefficient (Wildman–Crippen LogP) is 3.14. The summed E-state index contributed by atoms with van der Waals surface area (Å²) in [6.07, 6.45) is -0.0514. The largest absolute Gasteiger partial charge is 0.461 e. The van der Waals surface area contributed by atoms with E-state index in [-0.39, 0.29) is 43.3 Å². The van der Waals surface area contributed by atoms with Crippen LogP contribution in [0.2, 0.25) is 0 Å². The van der Waals surface area contributed by atoms with Gasteiger partial charge in [0, 0.05) is 19.3 Å². The molecule has 2 aromatic rings. The summed E-state index contributed by atoms with van der Waals surface area (Å²) in [4.78, 5) is 21.2. The number of hydrogen-bond donors (Lipinski definition) is 0. The second-order valence-electron chi connectivity index (χ2n) is 6.96. The number of aromatic nitrogens is 3. The standard InChI is InChI=1S/C18H18F4N4O2/c1-2-28-17(27)13-8-25(9-23-13)5-10-3-4-14(24-15(10)16(19)20)26-6-11-12(7-26)18(11,21)22/h3-4,8-9,11-12,16H,2,5-7H2,1H3. The maximum atomic E-state index is 13.5. The molecule has 1 saturated heterocycles. The van der Waals surface area contributed by atoms with Gasteiger partial charge in [0.1, 0.15) is 11.5 Å². The lowest BCUT2D eigenvalue weighted by molar-refractivity contribution is 0.0519. The van der Waals surface area contributed by atoms with Crippen molar-refractivity contribution < 1.29 is 27.1 Å². The average molecular weight is 398 g/mol. The number of imidazole rings is 1. The molecule has 2 atom stereocenters. The van der Waals surface area contributed by atoms with E-state index in [2.05, 4.69) is 9.97 Å². The van der Waals surface area contributed by atoms with Crippen molar-refractivity contribution in [1.82, 2.24) is 14.5 Å². The minimum absolute atomic E-state index is 0.0443. The highest BCUT2D eigenvalue weighted by Crippen LogP contribution is 2.59. The number of ether oxygens (including phenoxy) is 1. The smallest absolute Gasteiger partial charge is 0.358 e. The summed E-state index contributed by atoms with van der Waals surface area (Å²) in [6, 6.07) is 3.07. The number of anilines is 1. The lowest BCUT2D eigenvalue weighted by Gasteiger charge is -2.22. The normalized spacial score (nSPS) is 22.4. The summed E-state index contributed by atoms with van der Waals surface area (Å²) in [5, 5.41) is 0. The number of piperidine rings is 1. The lowest BCUT2D eigenvalue weighted by atomic mass is 10.2. The van der Waals surface area contributed by atoms with Crippen molar-refractivity contribution in [2.75, 3.05) is 24.6 Å². The van der Waals surface area contributed by atoms with E-state index in [4.69, 9.17) is 4.74 Å². The maximum absolute atomic E-state index is 13.5. The zero-order valence-corrected chi connectivity index (χ0v) is 15.0. The minimum atomic E-state index is -2.82. The van der Waals surface area contributed by atoms with Gasteiger partial charge in [-0.2, -0.15) is 0 Å². The third-order valence-corrected chi connectivity index (χ3v) is 5.20. The Kier molecular flexibility index (Phi) is 4.51. The number of halogens is 4. The fraction of sp³-hybridized carbons (Fsp3) is 0.500. The number of nitrogens with zero attached hydrogens (tertiary/aromatic N) is 4. The summed E-state index contributed by atoms with van der Waals surface area (Å²) < 4.78 is 60.1. The SMILES string of the molecule is CCOC(=O)c1cn(Cc2ccc(N3CC4C(C3)C4(F)F)nc2C(F)F)cn1. The average Bonchev–Trinajstić information content (AvgIpc) is 3.11. The molecule has 6 nitrogen and oxygen atoms in total. The highest BCUT2D eigenvalue weighted by atomic mass is 19.3. The molecule has 0 aromatic carbocycles. The Hall–Kier alpha value is -2.65. The summed E-state index contributed by atoms with van der Waals surface area (Å²) in [5.74, 6) is -4.37. The number of pyridine rings is 1. The van der Waals surface area contributed by atoms with Gasteiger partial charge in [0.15, 0.2) is 5.69 Å². The lowest BCUT2D eigenvalue weighted by Crippen LogP contribution is -2.28. The second-order valence-corrected chi connectivity index (χ2v) is 6.96. The first-order valence-corrected chi connectivity index (χ1v) is 8.90. The van der Waals surface area contributed by atoms with Crippen LogP contribution in [0.15, 0.2) is 24.7 Å². The molecule has 150 valence electrons. The van der Waals surface area contributed by atoms with Gasteiger partial charge in [0.05, 0.1) is 31.3 Å². The van der Waals surface area contributed by atoms with Crippen LogP contribution in [-0.2, 0) is 11.3 Å². The monoisotopic (exact) mass is 398 g/mol. The van der Waals surface area contributed by atoms with Crippen molar-refractivity contribution in [2.45, 2.75) is 25.8 Å². The van der Waals surface area contributed by atoms with Crippen LogP contribution in [0.3, 0.4) is 0 Å². The van der Waals surface area contributed by atoms with Crippen LogP contribution in [0.5, 0.6) is 0 Å². The Balaban J connectivity index is 1.51. The van der Waals surface area contributed by atoms with E-state index in [1.807, 2.05) is 0 Å². The number of rotatable bonds is 6. The number of fused-ring (bicyclic) bond motifs is 1. The van der Waals surface area contributed by atoms with Gasteiger partial charge in [-0.25, -0.2) is 32.3 Å². The third kappa shape index (κ3) is 3.20. The molecule has 2 unspecified atom stereocenters. The van der Waals surface area contributed by atoms with E-state index in [9.17, 15) is 22.4 Å². The second kappa shape index (κ2) is 6.75. The van der Waals surface area contributed by atoms with Gasteiger partial charge >= 0.3 is 5.97 Å². The van der Waals surface area contributed by atoms with Crippen LogP contribution in [0.1, 0.15) is 35.1 Å². The zero-order valence-electron chi connectivity index (χ0n) is 15.0. The Morgan fingerprint density at radius 3 is 2.68 bits per heavy atom. The molecule has 2 aliphatic rings. The number of esters is 1. The first-order chi connectivity index (χ1) is 13.3. The molecule has 2 aromatic heterocycles. The summed E-state index contributed by atoms with van der Waals surface area (Å²) in [5.41, 5.74) is -0.0558. The fourth-order valence-electron chi connectivity index (χ4n) is 3.64. The van der Waals surface area contributed by atoms with Gasteiger partial charge in [-0.05, 0) is 18.6 Å². The van der Waals surface area contributed by atoms with E-state index in [0.29, 0.717) is 0 Å². The van der Waals surface area contributed by atoms with Gasteiger partial charge in [0.2, 0.25) is 0 Å². The van der Waals surface area contributed by atoms with Crippen LogP contribution in [0.4, 0.5) is 23.4 Å². The Bertz CT molecular complexity index is 887. The number of carbonyl (C=O) groups excluding carboxylic acids is 1. The number of alkyl halides is 4. The van der Waals surface area contributed by atoms with Crippen LogP contribution in [-0.4, -0.2) is 46.1 Å². The molecule has 1 saturated carbocycles. The van der Waals surface area contributed by atoms with Crippen molar-refractivity contribution in [3.05, 3.63) is 41.6 Å². The van der Waals surface area contributed by atoms with Crippen molar-refractivity contribution in [1.29, 1.82) is 0 Å². The molecule has 28 heavy (non-hydrogen) atoms. The molecular weight excluding hydrogens is 380 g/mol. The van der Waals surface area contributed by atoms with Crippen LogP contribution in [0.25, 0.3) is 0 Å². The molecule has 0 radical (unpaired) electrons. The first-order valence-electron chi connectivity index (χ1n) is 8.90. The molecule has 4 rings (SSSR count). The molecule has 0 N–H and O–H groups in total. The Morgan fingerprint density at radius 2 is 2.04 bits per heavy atom. The van der Waals surface area contributed by atoms with E-state index in [1.54, 1.807) is 17.9 Å². The van der Waals surface area contributed by atoms with Crippen LogP contribution < -0.4 is 4.90 Å². The van der Waals surface area contributed by atoms with E-state index in [0.717, 1.165) is 0 Å². The molecule has 10 heteroatoms. The highest BCUT2D eigenvalue weighted by Gasteiger charge is 2.71. The summed E-state index contributed by atoms with van der Waals surface area (Å²) in [7, 11) is 0. The first kappa shape index (κ1) is 18.7. The van der Waals surface area contributed by atoms with Gasteiger partial charge in [0.25, 0.3) is 12.3 Å². The molecular formula is C18H18F4N4O2. The van der Waals surface area contributed by atoms with Crippen molar-refractivity contribution in [2.24, 2.45) is 11.8 Å². The van der Waals surface area contributed by atoms with E-state index in [1.165, 1.54) is 23.2 Å². The van der Waals surface area contributed by atoms with Gasteiger partial charge < -0.3 is 14.2 Å². The minimum Gasteiger partial charge on any atom is -0.461 e. The number of carbonyl (C=O) groups is 1. The van der Waals surface area contributed by atoms with Gasteiger partial charge in [-0.3, -0.25) is 0 Å². The number of hydrogen-bond acceptors (Lipinski definition) is 5. The molecule has 0 bridgehead atoms. The predicted molar refractivity (Wildman–Crippen MR) is 90.6 cm³/mol. The van der Waals surface area contributed by atoms with E-state index < -0.39 is 35.8 Å². The topological polar surface area (TPSA) is 60.2 Å². The Morgan fingerprint density at radius 1 is 1.32 bits per heavy atom. The molecule has 0 amide bonds. The molecule has 1 aliphatic carbocycles. The summed E-state index contributed by atoms with van der Waals surface area (Å²) >= 11 is 0. The Labute approximate surface area is 158 Å². The van der Waals surface area contributed by atoms with E-state index >= 15 is 0 Å². The molecule has 2 fully saturated rings. The molecule has 1 aliphatic heterocycles. The van der Waals surface area contributed by atoms with Gasteiger partial charge in [-0.15, -0.1) is 0 Å². The quantitative estimate of drug-likeness (QED) is 0.553. The molecule has 0 spiro atoms. The van der Waals surface area contributed by atoms with Gasteiger partial charge in [-0.1, -0.05) is 6.07 Å². The molecule has 3 heterocycles. The van der Waals surface area contributed by atoms with Crippen molar-refractivity contribution in [3.8, 4) is 0 Å². The van der Waals surface area contributed by atoms with Crippen LogP contribution >= 0.6 is 0 Å². The fourth-order valence-corrected chi connectivity index (χ4v) is 3.64.